The molecule has 0 spiro atoms. The lowest BCUT2D eigenvalue weighted by Gasteiger charge is -2.01. The molecule has 8 aromatic rings. The first-order chi connectivity index (χ1) is 23.9. The molecule has 240 valence electrons. The third kappa shape index (κ3) is 8.58. The monoisotopic (exact) mass is 746 g/mol. The molecule has 8 rings (SSSR count). The third-order valence-corrected chi connectivity index (χ3v) is 8.15. The first kappa shape index (κ1) is 33.6. The summed E-state index contributed by atoms with van der Waals surface area (Å²) in [7, 11) is 0. The van der Waals surface area contributed by atoms with Crippen LogP contribution in [0.1, 0.15) is 26.3 Å². The Balaban J connectivity index is 0.000000143. The Kier molecular flexibility index (Phi) is 10.8. The van der Waals surface area contributed by atoms with E-state index in [1.807, 2.05) is 78.9 Å². The number of aldehydes is 1. The Morgan fingerprint density at radius 1 is 0.571 bits per heavy atom. The average molecular weight is 748 g/mol. The van der Waals surface area contributed by atoms with E-state index >= 15 is 0 Å². The Bertz CT molecular complexity index is 2340. The van der Waals surface area contributed by atoms with Crippen LogP contribution in [-0.4, -0.2) is 22.0 Å². The van der Waals surface area contributed by atoms with E-state index in [2.05, 4.69) is 25.9 Å². The van der Waals surface area contributed by atoms with Crippen molar-refractivity contribution in [1.29, 1.82) is 0 Å². The topological polar surface area (TPSA) is 86.2 Å². The van der Waals surface area contributed by atoms with Gasteiger partial charge in [0.1, 0.15) is 17.3 Å². The van der Waals surface area contributed by atoms with Gasteiger partial charge < -0.3 is 8.83 Å². The number of halogens is 3. The number of oxazole rings is 2. The van der Waals surface area contributed by atoms with E-state index < -0.39 is 0 Å². The van der Waals surface area contributed by atoms with Gasteiger partial charge >= 0.3 is 0 Å². The van der Waals surface area contributed by atoms with Gasteiger partial charge in [0.15, 0.2) is 16.9 Å². The highest BCUT2D eigenvalue weighted by atomic mass is 79.9. The molecule has 0 N–H and O–H groups in total. The van der Waals surface area contributed by atoms with Crippen LogP contribution in [0, 0.1) is 0 Å². The number of nitrogens with zero attached hydrogens (tertiary/aromatic N) is 2. The molecule has 0 aliphatic rings. The lowest BCUT2D eigenvalue weighted by atomic mass is 10.0. The Hall–Kier alpha value is -5.34. The maximum absolute atomic E-state index is 12.6. The summed E-state index contributed by atoms with van der Waals surface area (Å²) in [6.45, 7) is 0. The predicted octanol–water partition coefficient (Wildman–Crippen LogP) is 11.8. The minimum Gasteiger partial charge on any atom is -0.436 e. The molecular formula is C40H25BrCl2N2O4. The van der Waals surface area contributed by atoms with Crippen molar-refractivity contribution in [2.24, 2.45) is 0 Å². The van der Waals surface area contributed by atoms with Crippen LogP contribution >= 0.6 is 39.1 Å². The number of carbonyl (C=O) groups excluding carboxylic acids is 2. The minimum absolute atomic E-state index is 0.0776. The molecular weight excluding hydrogens is 723 g/mol. The van der Waals surface area contributed by atoms with Crippen molar-refractivity contribution >= 4 is 73.4 Å². The molecule has 2 aromatic heterocycles. The molecule has 0 aliphatic carbocycles. The van der Waals surface area contributed by atoms with Crippen LogP contribution in [0.3, 0.4) is 0 Å². The lowest BCUT2D eigenvalue weighted by Crippen LogP contribution is -2.00. The Morgan fingerprint density at radius 3 is 1.57 bits per heavy atom. The van der Waals surface area contributed by atoms with Crippen LogP contribution in [0.25, 0.3) is 45.1 Å². The molecule has 0 unspecified atom stereocenters. The second-order valence-corrected chi connectivity index (χ2v) is 12.4. The fraction of sp³-hybridized carbons (Fsp3) is 0. The van der Waals surface area contributed by atoms with E-state index in [4.69, 9.17) is 32.0 Å². The highest BCUT2D eigenvalue weighted by Gasteiger charge is 2.13. The van der Waals surface area contributed by atoms with E-state index in [1.54, 1.807) is 66.7 Å². The van der Waals surface area contributed by atoms with Crippen molar-refractivity contribution in [1.82, 2.24) is 9.97 Å². The van der Waals surface area contributed by atoms with Gasteiger partial charge in [-0.3, -0.25) is 9.59 Å². The van der Waals surface area contributed by atoms with Crippen molar-refractivity contribution < 1.29 is 18.4 Å². The molecule has 0 radical (unpaired) electrons. The molecule has 6 nitrogen and oxygen atoms in total. The van der Waals surface area contributed by atoms with Gasteiger partial charge in [-0.25, -0.2) is 9.97 Å². The van der Waals surface area contributed by atoms with Crippen molar-refractivity contribution in [3.05, 3.63) is 177 Å². The third-order valence-electron chi connectivity index (χ3n) is 7.16. The van der Waals surface area contributed by atoms with Gasteiger partial charge in [-0.1, -0.05) is 87.7 Å². The SMILES string of the molecule is Brc1ccc2nc(-c3ccccc3)oc2c1.O=C(c1ccc(Cl)cc1)c1ccc2nc(-c3ccccc3)oc2c1.O=Cc1ccc(Cl)cc1. The second kappa shape index (κ2) is 15.7. The van der Waals surface area contributed by atoms with E-state index in [-0.39, 0.29) is 5.78 Å². The van der Waals surface area contributed by atoms with Crippen molar-refractivity contribution in [3.8, 4) is 22.9 Å². The highest BCUT2D eigenvalue weighted by Crippen LogP contribution is 2.27. The first-order valence-corrected chi connectivity index (χ1v) is 16.5. The summed E-state index contributed by atoms with van der Waals surface area (Å²) >= 11 is 14.8. The standard InChI is InChI=1S/C20H12ClNO2.C13H8BrNO.C7H5ClO/c21-16-9-6-13(7-10-16)19(23)15-8-11-17-18(12-15)24-20(22-17)14-4-2-1-3-5-14;14-10-6-7-11-12(8-10)16-13(15-11)9-4-2-1-3-5-9;8-7-3-1-6(5-9)2-4-7/h1-12H;1-8H;1-5H. The maximum Gasteiger partial charge on any atom is 0.227 e. The first-order valence-electron chi connectivity index (χ1n) is 14.9. The summed E-state index contributed by atoms with van der Waals surface area (Å²) in [5, 5.41) is 1.25. The van der Waals surface area contributed by atoms with Gasteiger partial charge in [0, 0.05) is 42.3 Å². The van der Waals surface area contributed by atoms with Gasteiger partial charge in [-0.15, -0.1) is 0 Å². The number of benzene rings is 6. The predicted molar refractivity (Wildman–Crippen MR) is 198 cm³/mol. The number of fused-ring (bicyclic) bond motifs is 2. The largest absolute Gasteiger partial charge is 0.436 e. The van der Waals surface area contributed by atoms with E-state index in [0.29, 0.717) is 44.1 Å². The van der Waals surface area contributed by atoms with Crippen molar-refractivity contribution in [3.63, 3.8) is 0 Å². The van der Waals surface area contributed by atoms with Crippen LogP contribution in [0.15, 0.2) is 159 Å². The zero-order valence-corrected chi connectivity index (χ0v) is 28.7. The molecule has 0 amide bonds. The molecule has 6 aromatic carbocycles. The number of hydrogen-bond acceptors (Lipinski definition) is 6. The fourth-order valence-corrected chi connectivity index (χ4v) is 5.27. The van der Waals surface area contributed by atoms with Crippen molar-refractivity contribution in [2.45, 2.75) is 0 Å². The van der Waals surface area contributed by atoms with Gasteiger partial charge in [-0.05, 0) is 97.1 Å². The molecule has 0 atom stereocenters. The maximum atomic E-state index is 12.6. The molecule has 0 aliphatic heterocycles. The molecule has 0 fully saturated rings. The molecule has 0 saturated carbocycles. The van der Waals surface area contributed by atoms with Gasteiger partial charge in [0.05, 0.1) is 0 Å². The van der Waals surface area contributed by atoms with Gasteiger partial charge in [0.2, 0.25) is 11.8 Å². The number of hydrogen-bond donors (Lipinski definition) is 0. The summed E-state index contributed by atoms with van der Waals surface area (Å²) in [4.78, 5) is 31.6. The van der Waals surface area contributed by atoms with Gasteiger partial charge in [-0.2, -0.15) is 0 Å². The highest BCUT2D eigenvalue weighted by molar-refractivity contribution is 9.10. The zero-order chi connectivity index (χ0) is 34.2. The van der Waals surface area contributed by atoms with Crippen LogP contribution in [-0.2, 0) is 0 Å². The Labute approximate surface area is 300 Å². The number of rotatable bonds is 5. The van der Waals surface area contributed by atoms with E-state index in [9.17, 15) is 9.59 Å². The molecule has 49 heavy (non-hydrogen) atoms. The fourth-order valence-electron chi connectivity index (χ4n) is 4.68. The van der Waals surface area contributed by atoms with Crippen LogP contribution in [0.2, 0.25) is 10.0 Å². The van der Waals surface area contributed by atoms with Crippen LogP contribution in [0.4, 0.5) is 0 Å². The summed E-state index contributed by atoms with van der Waals surface area (Å²) in [6, 6.07) is 44.2. The molecule has 0 saturated heterocycles. The Morgan fingerprint density at radius 2 is 1.04 bits per heavy atom. The summed E-state index contributed by atoms with van der Waals surface area (Å²) in [5.74, 6) is 1.13. The summed E-state index contributed by atoms with van der Waals surface area (Å²) in [6.07, 6.45) is 0.788. The quantitative estimate of drug-likeness (QED) is 0.129. The molecule has 2 heterocycles. The van der Waals surface area contributed by atoms with E-state index in [1.165, 1.54) is 0 Å². The molecule has 0 bridgehead atoms. The van der Waals surface area contributed by atoms with Crippen LogP contribution in [0.5, 0.6) is 0 Å². The zero-order valence-electron chi connectivity index (χ0n) is 25.6. The van der Waals surface area contributed by atoms with E-state index in [0.717, 1.165) is 38.5 Å². The summed E-state index contributed by atoms with van der Waals surface area (Å²) in [5.41, 5.74) is 6.68. The van der Waals surface area contributed by atoms with Gasteiger partial charge in [0.25, 0.3) is 0 Å². The number of carbonyl (C=O) groups is 2. The van der Waals surface area contributed by atoms with Crippen LogP contribution < -0.4 is 0 Å². The van der Waals surface area contributed by atoms with Crippen molar-refractivity contribution in [2.75, 3.05) is 0 Å². The normalized spacial score (nSPS) is 10.5. The molecule has 9 heteroatoms. The number of aromatic nitrogens is 2. The smallest absolute Gasteiger partial charge is 0.227 e. The second-order valence-electron chi connectivity index (χ2n) is 10.6. The minimum atomic E-state index is -0.0776. The number of ketones is 1. The average Bonchev–Trinajstić information content (AvgIpc) is 3.77. The lowest BCUT2D eigenvalue weighted by molar-refractivity contribution is 0.103. The summed E-state index contributed by atoms with van der Waals surface area (Å²) < 4.78 is 12.5.